The highest BCUT2D eigenvalue weighted by Gasteiger charge is 2.22. The molecule has 0 unspecified atom stereocenters. The van der Waals surface area contributed by atoms with Gasteiger partial charge in [0.25, 0.3) is 0 Å². The standard InChI is InChI=1S/C25H27N7O/c1-19-4-6-21(7-5-19)28-25(33)31-16-13-30(14-17-31)15-18-32-23(20-8-11-26-12-9-20)29-22-3-2-10-27-24(22)32/h2-12H,13-18H2,1H3,(H,28,33). The second-order valence-corrected chi connectivity index (χ2v) is 8.29. The Morgan fingerprint density at radius 2 is 1.70 bits per heavy atom. The maximum absolute atomic E-state index is 12.6. The molecule has 0 atom stereocenters. The molecule has 4 heterocycles. The molecule has 0 aliphatic carbocycles. The smallest absolute Gasteiger partial charge is 0.321 e. The summed E-state index contributed by atoms with van der Waals surface area (Å²) in [7, 11) is 0. The number of amides is 2. The van der Waals surface area contributed by atoms with Gasteiger partial charge in [-0.2, -0.15) is 0 Å². The van der Waals surface area contributed by atoms with Crippen LogP contribution in [0.15, 0.2) is 67.1 Å². The van der Waals surface area contributed by atoms with Crippen molar-refractivity contribution in [2.75, 3.05) is 38.0 Å². The normalized spacial score (nSPS) is 14.5. The number of carbonyl (C=O) groups excluding carboxylic acids is 1. The van der Waals surface area contributed by atoms with Crippen molar-refractivity contribution in [3.05, 3.63) is 72.7 Å². The molecule has 168 valence electrons. The van der Waals surface area contributed by atoms with Crippen molar-refractivity contribution in [2.45, 2.75) is 13.5 Å². The van der Waals surface area contributed by atoms with Gasteiger partial charge in [-0.3, -0.25) is 9.88 Å². The van der Waals surface area contributed by atoms with Crippen LogP contribution in [0.25, 0.3) is 22.6 Å². The molecule has 1 fully saturated rings. The Morgan fingerprint density at radius 1 is 0.939 bits per heavy atom. The largest absolute Gasteiger partial charge is 0.322 e. The first-order valence-electron chi connectivity index (χ1n) is 11.2. The van der Waals surface area contributed by atoms with Gasteiger partial charge < -0.3 is 14.8 Å². The minimum absolute atomic E-state index is 0.0386. The molecular weight excluding hydrogens is 414 g/mol. The van der Waals surface area contributed by atoms with Crippen LogP contribution in [-0.4, -0.2) is 68.1 Å². The number of nitrogens with one attached hydrogen (secondary N) is 1. The lowest BCUT2D eigenvalue weighted by atomic mass is 10.2. The molecule has 0 saturated carbocycles. The van der Waals surface area contributed by atoms with E-state index in [1.54, 1.807) is 12.4 Å². The number of pyridine rings is 2. The van der Waals surface area contributed by atoms with Crippen molar-refractivity contribution in [3.8, 4) is 11.4 Å². The van der Waals surface area contributed by atoms with Gasteiger partial charge in [0.1, 0.15) is 11.3 Å². The molecule has 4 aromatic rings. The van der Waals surface area contributed by atoms with Gasteiger partial charge in [-0.05, 0) is 43.3 Å². The summed E-state index contributed by atoms with van der Waals surface area (Å²) in [6.45, 7) is 6.77. The number of carbonyl (C=O) groups is 1. The van der Waals surface area contributed by atoms with Gasteiger partial charge >= 0.3 is 6.03 Å². The Labute approximate surface area is 192 Å². The van der Waals surface area contributed by atoms with Crippen LogP contribution in [0.4, 0.5) is 10.5 Å². The fourth-order valence-corrected chi connectivity index (χ4v) is 4.15. The number of aromatic nitrogens is 4. The Morgan fingerprint density at radius 3 is 2.45 bits per heavy atom. The Hall–Kier alpha value is -3.78. The number of rotatable bonds is 5. The zero-order valence-corrected chi connectivity index (χ0v) is 18.7. The van der Waals surface area contributed by atoms with Crippen LogP contribution in [-0.2, 0) is 6.54 Å². The van der Waals surface area contributed by atoms with Crippen LogP contribution >= 0.6 is 0 Å². The van der Waals surface area contributed by atoms with E-state index in [2.05, 4.69) is 24.8 Å². The molecule has 1 aliphatic heterocycles. The van der Waals surface area contributed by atoms with Crippen molar-refractivity contribution < 1.29 is 4.79 Å². The highest BCUT2D eigenvalue weighted by molar-refractivity contribution is 5.89. The summed E-state index contributed by atoms with van der Waals surface area (Å²) < 4.78 is 2.18. The highest BCUT2D eigenvalue weighted by atomic mass is 16.2. The maximum Gasteiger partial charge on any atom is 0.321 e. The minimum Gasteiger partial charge on any atom is -0.322 e. The number of fused-ring (bicyclic) bond motifs is 1. The van der Waals surface area contributed by atoms with Gasteiger partial charge in [-0.1, -0.05) is 17.7 Å². The fourth-order valence-electron chi connectivity index (χ4n) is 4.15. The number of urea groups is 1. The van der Waals surface area contributed by atoms with Crippen LogP contribution in [0, 0.1) is 6.92 Å². The summed E-state index contributed by atoms with van der Waals surface area (Å²) in [5.74, 6) is 0.905. The first kappa shape index (κ1) is 21.1. The topological polar surface area (TPSA) is 79.2 Å². The number of benzene rings is 1. The van der Waals surface area contributed by atoms with E-state index in [9.17, 15) is 4.79 Å². The number of hydrogen-bond donors (Lipinski definition) is 1. The fraction of sp³-hybridized carbons (Fsp3) is 0.280. The zero-order valence-electron chi connectivity index (χ0n) is 18.7. The number of hydrogen-bond acceptors (Lipinski definition) is 5. The first-order chi connectivity index (χ1) is 16.2. The molecule has 1 aliphatic rings. The Balaban J connectivity index is 1.22. The monoisotopic (exact) mass is 441 g/mol. The van der Waals surface area contributed by atoms with Crippen molar-refractivity contribution in [3.63, 3.8) is 0 Å². The summed E-state index contributed by atoms with van der Waals surface area (Å²) in [6, 6.07) is 15.7. The number of nitrogens with zero attached hydrogens (tertiary/aromatic N) is 6. The molecule has 8 heteroatoms. The van der Waals surface area contributed by atoms with E-state index in [4.69, 9.17) is 4.98 Å². The molecule has 0 bridgehead atoms. The molecule has 0 radical (unpaired) electrons. The van der Waals surface area contributed by atoms with E-state index in [0.29, 0.717) is 13.1 Å². The van der Waals surface area contributed by atoms with Crippen molar-refractivity contribution in [1.29, 1.82) is 0 Å². The molecule has 1 aromatic carbocycles. The second-order valence-electron chi connectivity index (χ2n) is 8.29. The first-order valence-corrected chi connectivity index (χ1v) is 11.2. The summed E-state index contributed by atoms with van der Waals surface area (Å²) in [4.78, 5) is 30.4. The molecule has 1 N–H and O–H groups in total. The van der Waals surface area contributed by atoms with Crippen LogP contribution in [0.1, 0.15) is 5.56 Å². The summed E-state index contributed by atoms with van der Waals surface area (Å²) in [5.41, 5.74) is 4.81. The molecule has 1 saturated heterocycles. The van der Waals surface area contributed by atoms with Crippen LogP contribution in [0.2, 0.25) is 0 Å². The third kappa shape index (κ3) is 4.70. The van der Waals surface area contributed by atoms with Crippen molar-refractivity contribution in [1.82, 2.24) is 29.3 Å². The van der Waals surface area contributed by atoms with E-state index in [1.807, 2.05) is 66.6 Å². The van der Waals surface area contributed by atoms with E-state index < -0.39 is 0 Å². The number of aryl methyl sites for hydroxylation is 1. The number of piperazine rings is 1. The predicted octanol–water partition coefficient (Wildman–Crippen LogP) is 3.65. The maximum atomic E-state index is 12.6. The molecule has 5 rings (SSSR count). The van der Waals surface area contributed by atoms with Crippen LogP contribution < -0.4 is 5.32 Å². The SMILES string of the molecule is Cc1ccc(NC(=O)N2CCN(CCn3c(-c4ccncc4)nc4cccnc43)CC2)cc1. The highest BCUT2D eigenvalue weighted by Crippen LogP contribution is 2.23. The number of imidazole rings is 1. The third-order valence-corrected chi connectivity index (χ3v) is 6.04. The Kier molecular flexibility index (Phi) is 5.99. The van der Waals surface area contributed by atoms with E-state index in [1.165, 1.54) is 5.56 Å². The lowest BCUT2D eigenvalue weighted by molar-refractivity contribution is 0.145. The molecule has 3 aromatic heterocycles. The van der Waals surface area contributed by atoms with E-state index in [0.717, 1.165) is 54.4 Å². The molecule has 8 nitrogen and oxygen atoms in total. The van der Waals surface area contributed by atoms with Crippen molar-refractivity contribution >= 4 is 22.9 Å². The predicted molar refractivity (Wildman–Crippen MR) is 129 cm³/mol. The van der Waals surface area contributed by atoms with E-state index >= 15 is 0 Å². The summed E-state index contributed by atoms with van der Waals surface area (Å²) in [5, 5.41) is 3.00. The van der Waals surface area contributed by atoms with Crippen LogP contribution in [0.3, 0.4) is 0 Å². The summed E-state index contributed by atoms with van der Waals surface area (Å²) >= 11 is 0. The number of anilines is 1. The minimum atomic E-state index is -0.0386. The van der Waals surface area contributed by atoms with Gasteiger partial charge in [-0.15, -0.1) is 0 Å². The quantitative estimate of drug-likeness (QED) is 0.511. The average Bonchev–Trinajstić information content (AvgIpc) is 3.23. The van der Waals surface area contributed by atoms with Gasteiger partial charge in [0, 0.05) is 69.1 Å². The molecule has 0 spiro atoms. The molecular formula is C25H27N7O. The van der Waals surface area contributed by atoms with E-state index in [-0.39, 0.29) is 6.03 Å². The molecule has 2 amide bonds. The van der Waals surface area contributed by atoms with Gasteiger partial charge in [0.05, 0.1) is 0 Å². The summed E-state index contributed by atoms with van der Waals surface area (Å²) in [6.07, 6.45) is 5.38. The van der Waals surface area contributed by atoms with Gasteiger partial charge in [0.2, 0.25) is 0 Å². The molecule has 33 heavy (non-hydrogen) atoms. The Bertz CT molecular complexity index is 1230. The third-order valence-electron chi connectivity index (χ3n) is 6.04. The lowest BCUT2D eigenvalue weighted by Gasteiger charge is -2.34. The van der Waals surface area contributed by atoms with Crippen molar-refractivity contribution in [2.24, 2.45) is 0 Å². The van der Waals surface area contributed by atoms with Crippen LogP contribution in [0.5, 0.6) is 0 Å². The van der Waals surface area contributed by atoms with Gasteiger partial charge in [-0.25, -0.2) is 14.8 Å². The average molecular weight is 442 g/mol. The lowest BCUT2D eigenvalue weighted by Crippen LogP contribution is -2.50. The second kappa shape index (κ2) is 9.38. The zero-order chi connectivity index (χ0) is 22.6. The van der Waals surface area contributed by atoms with Gasteiger partial charge in [0.15, 0.2) is 5.65 Å².